The van der Waals surface area contributed by atoms with Crippen molar-refractivity contribution in [1.29, 1.82) is 0 Å². The topological polar surface area (TPSA) is 75.9 Å². The summed E-state index contributed by atoms with van der Waals surface area (Å²) in [5.41, 5.74) is 0.192. The molecule has 0 aromatic carbocycles. The van der Waals surface area contributed by atoms with Crippen LogP contribution in [-0.2, 0) is 4.74 Å². The lowest BCUT2D eigenvalue weighted by atomic mass is 9.93. The van der Waals surface area contributed by atoms with Gasteiger partial charge in [-0.15, -0.1) is 0 Å². The van der Waals surface area contributed by atoms with E-state index < -0.39 is 5.54 Å². The number of ether oxygens (including phenoxy) is 1. The third-order valence-electron chi connectivity index (χ3n) is 4.38. The zero-order valence-electron chi connectivity index (χ0n) is 12.5. The Balaban J connectivity index is 1.83. The van der Waals surface area contributed by atoms with Gasteiger partial charge < -0.3 is 14.1 Å². The second-order valence-electron chi connectivity index (χ2n) is 5.66. The summed E-state index contributed by atoms with van der Waals surface area (Å²) >= 11 is 0. The summed E-state index contributed by atoms with van der Waals surface area (Å²) in [6.45, 7) is 7.26. The lowest BCUT2D eigenvalue weighted by molar-refractivity contribution is 0.0337. The van der Waals surface area contributed by atoms with Crippen molar-refractivity contribution in [3.8, 4) is 0 Å². The van der Waals surface area contributed by atoms with E-state index in [0.29, 0.717) is 37.8 Å². The highest BCUT2D eigenvalue weighted by atomic mass is 16.6. The van der Waals surface area contributed by atoms with Crippen LogP contribution in [0.15, 0.2) is 4.42 Å². The molecule has 0 bridgehead atoms. The summed E-state index contributed by atoms with van der Waals surface area (Å²) in [4.78, 5) is 32.0. The van der Waals surface area contributed by atoms with Crippen LogP contribution in [0.3, 0.4) is 0 Å². The van der Waals surface area contributed by atoms with E-state index in [1.807, 2.05) is 6.92 Å². The number of cyclic esters (lactones) is 1. The van der Waals surface area contributed by atoms with Crippen molar-refractivity contribution in [3.05, 3.63) is 17.3 Å². The van der Waals surface area contributed by atoms with Crippen molar-refractivity contribution >= 4 is 12.0 Å². The van der Waals surface area contributed by atoms with E-state index in [1.54, 1.807) is 23.6 Å². The summed E-state index contributed by atoms with van der Waals surface area (Å²) < 4.78 is 10.6. The molecule has 2 aliphatic heterocycles. The van der Waals surface area contributed by atoms with Crippen LogP contribution in [0.5, 0.6) is 0 Å². The molecule has 1 aromatic heterocycles. The van der Waals surface area contributed by atoms with Gasteiger partial charge in [-0.3, -0.25) is 9.69 Å². The largest absolute Gasteiger partial charge is 0.447 e. The van der Waals surface area contributed by atoms with E-state index in [-0.39, 0.29) is 17.8 Å². The lowest BCUT2D eigenvalue weighted by Gasteiger charge is -2.43. The molecule has 2 fully saturated rings. The molecule has 2 saturated heterocycles. The summed E-state index contributed by atoms with van der Waals surface area (Å²) in [6, 6.07) is 0. The van der Waals surface area contributed by atoms with Gasteiger partial charge in [0, 0.05) is 26.6 Å². The number of hydrogen-bond donors (Lipinski definition) is 0. The number of carbonyl (C=O) groups excluding carboxylic acids is 2. The van der Waals surface area contributed by atoms with Crippen molar-refractivity contribution < 1.29 is 18.7 Å². The van der Waals surface area contributed by atoms with Gasteiger partial charge in [-0.05, 0) is 13.3 Å². The number of rotatable bonds is 2. The summed E-state index contributed by atoms with van der Waals surface area (Å²) in [7, 11) is 0. The Bertz CT molecular complexity index is 597. The third-order valence-corrected chi connectivity index (χ3v) is 4.38. The fraction of sp³-hybridized carbons (Fsp3) is 0.643. The van der Waals surface area contributed by atoms with Gasteiger partial charge in [-0.25, -0.2) is 9.78 Å². The van der Waals surface area contributed by atoms with Crippen LogP contribution in [0.1, 0.15) is 35.5 Å². The van der Waals surface area contributed by atoms with Crippen LogP contribution in [0.2, 0.25) is 0 Å². The van der Waals surface area contributed by atoms with Gasteiger partial charge in [0.25, 0.3) is 5.91 Å². The molecule has 2 aliphatic rings. The summed E-state index contributed by atoms with van der Waals surface area (Å²) in [5, 5.41) is 0. The van der Waals surface area contributed by atoms with Gasteiger partial charge in [0.2, 0.25) is 5.76 Å². The zero-order chi connectivity index (χ0) is 15.2. The molecule has 0 radical (unpaired) electrons. The average Bonchev–Trinajstić information content (AvgIpc) is 2.98. The van der Waals surface area contributed by atoms with Crippen LogP contribution < -0.4 is 0 Å². The van der Waals surface area contributed by atoms with Crippen LogP contribution >= 0.6 is 0 Å². The first kappa shape index (κ1) is 13.9. The van der Waals surface area contributed by atoms with Crippen LogP contribution in [0.25, 0.3) is 0 Å². The molecular formula is C14H19N3O4. The maximum atomic E-state index is 12.6. The molecule has 0 saturated carbocycles. The molecule has 2 amide bonds. The standard InChI is InChI=1S/C14H19N3O4/c1-4-14-7-16(5-6-17(14)13(19)20-8-14)12(18)11-9(2)15-10(3)21-11/h4-8H2,1-3H3. The molecule has 21 heavy (non-hydrogen) atoms. The molecule has 1 atom stereocenters. The highest BCUT2D eigenvalue weighted by Crippen LogP contribution is 2.32. The normalized spacial score (nSPS) is 25.0. The van der Waals surface area contributed by atoms with E-state index in [4.69, 9.17) is 9.15 Å². The van der Waals surface area contributed by atoms with Gasteiger partial charge in [0.15, 0.2) is 5.89 Å². The maximum absolute atomic E-state index is 12.6. The molecule has 1 aromatic rings. The molecule has 0 N–H and O–H groups in total. The van der Waals surface area contributed by atoms with Crippen molar-refractivity contribution in [2.75, 3.05) is 26.2 Å². The van der Waals surface area contributed by atoms with Gasteiger partial charge in [0.05, 0.1) is 11.2 Å². The summed E-state index contributed by atoms with van der Waals surface area (Å²) in [6.07, 6.45) is 0.465. The Kier molecular flexibility index (Phi) is 3.15. The minimum Gasteiger partial charge on any atom is -0.447 e. The molecule has 1 unspecified atom stereocenters. The third kappa shape index (κ3) is 2.07. The van der Waals surface area contributed by atoms with Crippen LogP contribution in [0, 0.1) is 13.8 Å². The van der Waals surface area contributed by atoms with Gasteiger partial charge in [0.1, 0.15) is 6.61 Å². The number of oxazole rings is 1. The average molecular weight is 293 g/mol. The monoisotopic (exact) mass is 293 g/mol. The molecule has 3 heterocycles. The van der Waals surface area contributed by atoms with Crippen molar-refractivity contribution in [2.24, 2.45) is 0 Å². The predicted molar refractivity (Wildman–Crippen MR) is 73.0 cm³/mol. The molecule has 0 aliphatic carbocycles. The second kappa shape index (κ2) is 4.75. The number of nitrogens with zero attached hydrogens (tertiary/aromatic N) is 3. The van der Waals surface area contributed by atoms with Crippen LogP contribution in [-0.4, -0.2) is 58.6 Å². The van der Waals surface area contributed by atoms with E-state index in [9.17, 15) is 9.59 Å². The summed E-state index contributed by atoms with van der Waals surface area (Å²) in [5.74, 6) is 0.608. The van der Waals surface area contributed by atoms with Crippen molar-refractivity contribution in [3.63, 3.8) is 0 Å². The Morgan fingerprint density at radius 2 is 2.14 bits per heavy atom. The first-order valence-electron chi connectivity index (χ1n) is 7.14. The molecule has 3 rings (SSSR count). The molecule has 7 heteroatoms. The first-order valence-corrected chi connectivity index (χ1v) is 7.14. The Morgan fingerprint density at radius 3 is 2.76 bits per heavy atom. The Labute approximate surface area is 122 Å². The van der Waals surface area contributed by atoms with Crippen LogP contribution in [0.4, 0.5) is 4.79 Å². The molecule has 114 valence electrons. The molecule has 7 nitrogen and oxygen atoms in total. The van der Waals surface area contributed by atoms with Crippen molar-refractivity contribution in [2.45, 2.75) is 32.7 Å². The Morgan fingerprint density at radius 1 is 1.38 bits per heavy atom. The molecule has 0 spiro atoms. The predicted octanol–water partition coefficient (Wildman–Crippen LogP) is 1.35. The smallest absolute Gasteiger partial charge is 0.410 e. The quantitative estimate of drug-likeness (QED) is 0.822. The lowest BCUT2D eigenvalue weighted by Crippen LogP contribution is -2.62. The van der Waals surface area contributed by atoms with E-state index in [1.165, 1.54) is 0 Å². The number of carbonyl (C=O) groups is 2. The van der Waals surface area contributed by atoms with E-state index in [2.05, 4.69) is 4.98 Å². The fourth-order valence-corrected chi connectivity index (χ4v) is 3.11. The highest BCUT2D eigenvalue weighted by molar-refractivity contribution is 5.92. The second-order valence-corrected chi connectivity index (χ2v) is 5.66. The fourth-order valence-electron chi connectivity index (χ4n) is 3.11. The zero-order valence-corrected chi connectivity index (χ0v) is 12.5. The maximum Gasteiger partial charge on any atom is 0.410 e. The van der Waals surface area contributed by atoms with Gasteiger partial charge in [-0.1, -0.05) is 6.92 Å². The van der Waals surface area contributed by atoms with Gasteiger partial charge in [-0.2, -0.15) is 0 Å². The van der Waals surface area contributed by atoms with E-state index >= 15 is 0 Å². The molecular weight excluding hydrogens is 274 g/mol. The minimum atomic E-state index is -0.409. The van der Waals surface area contributed by atoms with Crippen molar-refractivity contribution in [1.82, 2.24) is 14.8 Å². The number of hydrogen-bond acceptors (Lipinski definition) is 5. The highest BCUT2D eigenvalue weighted by Gasteiger charge is 2.50. The number of fused-ring (bicyclic) bond motifs is 1. The van der Waals surface area contributed by atoms with Gasteiger partial charge >= 0.3 is 6.09 Å². The minimum absolute atomic E-state index is 0.167. The Hall–Kier alpha value is -2.05. The SMILES string of the molecule is CCC12COC(=O)N1CCN(C(=O)c1oc(C)nc1C)C2. The number of aromatic nitrogens is 1. The number of aryl methyl sites for hydroxylation is 2. The first-order chi connectivity index (χ1) is 9.97. The number of piperazine rings is 1. The van der Waals surface area contributed by atoms with E-state index in [0.717, 1.165) is 6.42 Å². The number of amides is 2.